The number of benzene rings is 1. The first-order valence-corrected chi connectivity index (χ1v) is 10.0. The van der Waals surface area contributed by atoms with E-state index in [4.69, 9.17) is 4.74 Å². The lowest BCUT2D eigenvalue weighted by molar-refractivity contribution is -0.136. The summed E-state index contributed by atoms with van der Waals surface area (Å²) in [6.07, 6.45) is 1.50. The van der Waals surface area contributed by atoms with Crippen LogP contribution in [0.4, 0.5) is 18.9 Å². The fourth-order valence-corrected chi connectivity index (χ4v) is 4.49. The van der Waals surface area contributed by atoms with E-state index in [1.165, 1.54) is 18.7 Å². The maximum atomic E-state index is 13.3. The molecular formula is C21H26F3N3O. The quantitative estimate of drug-likeness (QED) is 0.827. The van der Waals surface area contributed by atoms with Crippen molar-refractivity contribution in [3.8, 4) is 0 Å². The number of halogens is 3. The van der Waals surface area contributed by atoms with Crippen LogP contribution in [-0.4, -0.2) is 48.8 Å². The number of alkyl halides is 3. The number of fused-ring (bicyclic) bond motifs is 1. The van der Waals surface area contributed by atoms with E-state index in [2.05, 4.69) is 15.2 Å². The molecule has 152 valence electrons. The summed E-state index contributed by atoms with van der Waals surface area (Å²) < 4.78 is 45.3. The first-order chi connectivity index (χ1) is 13.5. The number of nitrogens with zero attached hydrogens (tertiary/aromatic N) is 2. The Labute approximate surface area is 163 Å². The van der Waals surface area contributed by atoms with Crippen molar-refractivity contribution in [3.63, 3.8) is 0 Å². The van der Waals surface area contributed by atoms with Crippen molar-refractivity contribution in [2.24, 2.45) is 5.92 Å². The van der Waals surface area contributed by atoms with Crippen molar-refractivity contribution in [2.45, 2.75) is 37.9 Å². The zero-order chi connectivity index (χ0) is 19.6. The topological polar surface area (TPSA) is 37.4 Å². The summed E-state index contributed by atoms with van der Waals surface area (Å²) in [6.45, 7) is 4.67. The smallest absolute Gasteiger partial charge is 0.382 e. The molecule has 0 amide bonds. The van der Waals surface area contributed by atoms with Gasteiger partial charge in [0.25, 0.3) is 0 Å². The molecule has 1 aromatic heterocycles. The second kappa shape index (κ2) is 8.25. The van der Waals surface area contributed by atoms with E-state index in [0.717, 1.165) is 63.9 Å². The summed E-state index contributed by atoms with van der Waals surface area (Å²) in [6, 6.07) is 6.33. The van der Waals surface area contributed by atoms with Gasteiger partial charge in [0, 0.05) is 42.9 Å². The van der Waals surface area contributed by atoms with Gasteiger partial charge in [0.15, 0.2) is 0 Å². The SMILES string of the molecule is FC(F)(F)c1cccc2c(N[C@H]3CCC[C@@H](CN4CCOCC4)C3)ccnc12. The van der Waals surface area contributed by atoms with Gasteiger partial charge in [-0.15, -0.1) is 0 Å². The highest BCUT2D eigenvalue weighted by Crippen LogP contribution is 2.36. The minimum Gasteiger partial charge on any atom is -0.382 e. The number of anilines is 1. The number of aromatic nitrogens is 1. The monoisotopic (exact) mass is 393 g/mol. The second-order valence-corrected chi connectivity index (χ2v) is 7.84. The van der Waals surface area contributed by atoms with Gasteiger partial charge in [-0.05, 0) is 37.3 Å². The summed E-state index contributed by atoms with van der Waals surface area (Å²) in [7, 11) is 0. The lowest BCUT2D eigenvalue weighted by atomic mass is 9.85. The minimum atomic E-state index is -4.40. The Kier molecular flexibility index (Phi) is 5.73. The standard InChI is InChI=1S/C21H26F3N3O/c22-21(23,24)18-6-2-5-17-19(7-8-25-20(17)18)26-16-4-1-3-15(13-16)14-27-9-11-28-12-10-27/h2,5-8,15-16H,1,3-4,9-14H2,(H,25,26)/t15-,16+/m1/s1. The van der Waals surface area contributed by atoms with E-state index in [0.29, 0.717) is 11.3 Å². The average molecular weight is 393 g/mol. The van der Waals surface area contributed by atoms with Gasteiger partial charge in [-0.3, -0.25) is 9.88 Å². The zero-order valence-electron chi connectivity index (χ0n) is 15.8. The van der Waals surface area contributed by atoms with Crippen LogP contribution < -0.4 is 5.32 Å². The maximum Gasteiger partial charge on any atom is 0.418 e. The Bertz CT molecular complexity index is 805. The molecule has 7 heteroatoms. The van der Waals surface area contributed by atoms with Crippen molar-refractivity contribution in [1.82, 2.24) is 9.88 Å². The van der Waals surface area contributed by atoms with Crippen LogP contribution in [0.1, 0.15) is 31.2 Å². The highest BCUT2D eigenvalue weighted by atomic mass is 19.4. The van der Waals surface area contributed by atoms with Crippen LogP contribution in [0.2, 0.25) is 0 Å². The van der Waals surface area contributed by atoms with Crippen LogP contribution in [-0.2, 0) is 10.9 Å². The summed E-state index contributed by atoms with van der Waals surface area (Å²) in [5.41, 5.74) is 0.0799. The molecule has 1 saturated carbocycles. The van der Waals surface area contributed by atoms with Gasteiger partial charge in [-0.2, -0.15) is 13.2 Å². The summed E-state index contributed by atoms with van der Waals surface area (Å²) in [5, 5.41) is 4.05. The maximum absolute atomic E-state index is 13.3. The van der Waals surface area contributed by atoms with Crippen LogP contribution in [0.5, 0.6) is 0 Å². The van der Waals surface area contributed by atoms with E-state index >= 15 is 0 Å². The third kappa shape index (κ3) is 4.41. The lowest BCUT2D eigenvalue weighted by Crippen LogP contribution is -2.41. The number of hydrogen-bond donors (Lipinski definition) is 1. The largest absolute Gasteiger partial charge is 0.418 e. The first-order valence-electron chi connectivity index (χ1n) is 10.0. The van der Waals surface area contributed by atoms with Crippen molar-refractivity contribution in [2.75, 3.05) is 38.2 Å². The van der Waals surface area contributed by atoms with Gasteiger partial charge in [0.05, 0.1) is 24.3 Å². The highest BCUT2D eigenvalue weighted by molar-refractivity contribution is 5.93. The van der Waals surface area contributed by atoms with E-state index in [1.54, 1.807) is 12.1 Å². The predicted octanol–water partition coefficient (Wildman–Crippen LogP) is 4.56. The van der Waals surface area contributed by atoms with Crippen LogP contribution in [0, 0.1) is 5.92 Å². The number of para-hydroxylation sites is 1. The van der Waals surface area contributed by atoms with Gasteiger partial charge in [-0.1, -0.05) is 18.6 Å². The molecule has 4 rings (SSSR count). The van der Waals surface area contributed by atoms with Gasteiger partial charge in [0.2, 0.25) is 0 Å². The molecule has 0 radical (unpaired) electrons. The predicted molar refractivity (Wildman–Crippen MR) is 103 cm³/mol. The molecule has 4 nitrogen and oxygen atoms in total. The van der Waals surface area contributed by atoms with Crippen molar-refractivity contribution in [3.05, 3.63) is 36.0 Å². The molecule has 1 N–H and O–H groups in total. The number of nitrogens with one attached hydrogen (secondary N) is 1. The molecule has 1 aliphatic heterocycles. The second-order valence-electron chi connectivity index (χ2n) is 7.84. The summed E-state index contributed by atoms with van der Waals surface area (Å²) >= 11 is 0. The van der Waals surface area contributed by atoms with Gasteiger partial charge in [0.1, 0.15) is 0 Å². The lowest BCUT2D eigenvalue weighted by Gasteiger charge is -2.35. The molecule has 2 heterocycles. The van der Waals surface area contributed by atoms with E-state index in [-0.39, 0.29) is 11.6 Å². The molecule has 1 aromatic carbocycles. The number of pyridine rings is 1. The Morgan fingerprint density at radius 3 is 2.75 bits per heavy atom. The van der Waals surface area contributed by atoms with Gasteiger partial charge < -0.3 is 10.1 Å². The van der Waals surface area contributed by atoms with Gasteiger partial charge in [-0.25, -0.2) is 0 Å². The van der Waals surface area contributed by atoms with Crippen LogP contribution in [0.3, 0.4) is 0 Å². The molecule has 0 spiro atoms. The zero-order valence-corrected chi connectivity index (χ0v) is 15.8. The molecule has 1 aliphatic carbocycles. The Hall–Kier alpha value is -1.86. The summed E-state index contributed by atoms with van der Waals surface area (Å²) in [4.78, 5) is 6.48. The van der Waals surface area contributed by atoms with Crippen LogP contribution in [0.25, 0.3) is 10.9 Å². The van der Waals surface area contributed by atoms with E-state index in [1.807, 2.05) is 0 Å². The number of hydrogen-bond acceptors (Lipinski definition) is 4. The number of ether oxygens (including phenoxy) is 1. The molecule has 0 bridgehead atoms. The molecule has 2 aromatic rings. The molecule has 2 fully saturated rings. The summed E-state index contributed by atoms with van der Waals surface area (Å²) in [5.74, 6) is 0.614. The third-order valence-electron chi connectivity index (χ3n) is 5.84. The van der Waals surface area contributed by atoms with Crippen molar-refractivity contribution >= 4 is 16.6 Å². The normalized spacial score (nSPS) is 24.4. The Balaban J connectivity index is 1.48. The van der Waals surface area contributed by atoms with E-state index < -0.39 is 11.7 Å². The van der Waals surface area contributed by atoms with Crippen LogP contribution >= 0.6 is 0 Å². The number of morpholine rings is 1. The van der Waals surface area contributed by atoms with Crippen LogP contribution in [0.15, 0.2) is 30.5 Å². The fraction of sp³-hybridized carbons (Fsp3) is 0.571. The third-order valence-corrected chi connectivity index (χ3v) is 5.84. The molecular weight excluding hydrogens is 367 g/mol. The molecule has 2 aliphatic rings. The average Bonchev–Trinajstić information content (AvgIpc) is 2.68. The van der Waals surface area contributed by atoms with Crippen molar-refractivity contribution in [1.29, 1.82) is 0 Å². The first kappa shape index (κ1) is 19.5. The Morgan fingerprint density at radius 1 is 1.14 bits per heavy atom. The van der Waals surface area contributed by atoms with Gasteiger partial charge >= 0.3 is 6.18 Å². The minimum absolute atomic E-state index is 0.0145. The van der Waals surface area contributed by atoms with E-state index in [9.17, 15) is 13.2 Å². The molecule has 28 heavy (non-hydrogen) atoms. The van der Waals surface area contributed by atoms with Crippen molar-refractivity contribution < 1.29 is 17.9 Å². The highest BCUT2D eigenvalue weighted by Gasteiger charge is 2.33. The Morgan fingerprint density at radius 2 is 1.96 bits per heavy atom. The molecule has 0 unspecified atom stereocenters. The number of rotatable bonds is 4. The molecule has 2 atom stereocenters. The fourth-order valence-electron chi connectivity index (χ4n) is 4.49. The molecule has 1 saturated heterocycles.